The summed E-state index contributed by atoms with van der Waals surface area (Å²) in [6, 6.07) is 14.8. The van der Waals surface area contributed by atoms with E-state index in [0.717, 1.165) is 28.5 Å². The van der Waals surface area contributed by atoms with Gasteiger partial charge in [-0.25, -0.2) is 0 Å². The van der Waals surface area contributed by atoms with Crippen molar-refractivity contribution in [3.63, 3.8) is 0 Å². The molecule has 2 heterocycles. The van der Waals surface area contributed by atoms with Crippen molar-refractivity contribution in [1.29, 1.82) is 0 Å². The van der Waals surface area contributed by atoms with Gasteiger partial charge in [0.1, 0.15) is 0 Å². The van der Waals surface area contributed by atoms with Crippen LogP contribution in [0.4, 0.5) is 0 Å². The summed E-state index contributed by atoms with van der Waals surface area (Å²) in [6.45, 7) is 6.10. The quantitative estimate of drug-likeness (QED) is 0.511. The average Bonchev–Trinajstić information content (AvgIpc) is 3.12. The van der Waals surface area contributed by atoms with Gasteiger partial charge in [0.2, 0.25) is 0 Å². The number of hydrogen-bond acceptors (Lipinski definition) is 4. The first kappa shape index (κ1) is 20.8. The van der Waals surface area contributed by atoms with Crippen molar-refractivity contribution in [1.82, 2.24) is 14.3 Å². The molecular weight excluding hydrogens is 390 g/mol. The molecule has 0 unspecified atom stereocenters. The molecule has 0 bridgehead atoms. The van der Waals surface area contributed by atoms with E-state index in [4.69, 9.17) is 0 Å². The van der Waals surface area contributed by atoms with Crippen molar-refractivity contribution in [2.24, 2.45) is 7.05 Å². The first-order valence-corrected chi connectivity index (χ1v) is 10.1. The summed E-state index contributed by atoms with van der Waals surface area (Å²) < 4.78 is 3.09. The van der Waals surface area contributed by atoms with Crippen LogP contribution < -0.4 is 5.56 Å². The number of rotatable bonds is 4. The molecule has 31 heavy (non-hydrogen) atoms. The van der Waals surface area contributed by atoms with Gasteiger partial charge >= 0.3 is 0 Å². The molecule has 0 aliphatic carbocycles. The van der Waals surface area contributed by atoms with Crippen LogP contribution in [0, 0.1) is 0 Å². The van der Waals surface area contributed by atoms with Crippen LogP contribution in [-0.2, 0) is 19.1 Å². The lowest BCUT2D eigenvalue weighted by molar-refractivity contribution is 0.111. The molecule has 4 aromatic rings. The fraction of sp³-hybridized carbons (Fsp3) is 0.240. The lowest BCUT2D eigenvalue weighted by Gasteiger charge is -2.19. The Morgan fingerprint density at radius 2 is 1.87 bits per heavy atom. The van der Waals surface area contributed by atoms with E-state index in [1.165, 1.54) is 4.68 Å². The first-order valence-electron chi connectivity index (χ1n) is 10.1. The highest BCUT2D eigenvalue weighted by Gasteiger charge is 2.18. The van der Waals surface area contributed by atoms with Gasteiger partial charge in [-0.2, -0.15) is 9.78 Å². The number of carbonyl (C=O) groups excluding carboxylic acids is 1. The van der Waals surface area contributed by atoms with E-state index < -0.39 is 0 Å². The van der Waals surface area contributed by atoms with Gasteiger partial charge in [-0.1, -0.05) is 39.0 Å². The molecule has 158 valence electrons. The largest absolute Gasteiger partial charge is 0.392 e. The maximum atomic E-state index is 13.3. The number of hydrogen-bond donors (Lipinski definition) is 1. The summed E-state index contributed by atoms with van der Waals surface area (Å²) in [5.41, 5.74) is 3.99. The van der Waals surface area contributed by atoms with Crippen molar-refractivity contribution in [2.75, 3.05) is 0 Å². The van der Waals surface area contributed by atoms with Crippen molar-refractivity contribution in [3.8, 4) is 16.9 Å². The smallest absolute Gasteiger partial charge is 0.279 e. The standard InChI is InChI=1S/C25H25N3O3/c1-25(2,3)17-8-10-19-16(12-17)13-26-28(24(19)31)23-7-5-6-20(21(23)15-30)22-11-9-18(14-29)27(22)4/h5-14,30H,15H2,1-4H3. The third-order valence-corrected chi connectivity index (χ3v) is 5.75. The van der Waals surface area contributed by atoms with Gasteiger partial charge in [0, 0.05) is 29.3 Å². The molecule has 6 nitrogen and oxygen atoms in total. The van der Waals surface area contributed by atoms with Gasteiger partial charge in [0.05, 0.1) is 29.6 Å². The lowest BCUT2D eigenvalue weighted by Crippen LogP contribution is -2.23. The summed E-state index contributed by atoms with van der Waals surface area (Å²) >= 11 is 0. The predicted octanol–water partition coefficient (Wildman–Crippen LogP) is 3.99. The zero-order chi connectivity index (χ0) is 22.3. The second kappa shape index (κ2) is 7.63. The number of aldehydes is 1. The van der Waals surface area contributed by atoms with Crippen LogP contribution in [0.15, 0.2) is 59.5 Å². The zero-order valence-corrected chi connectivity index (χ0v) is 18.1. The Hall–Kier alpha value is -3.51. The molecular formula is C25H25N3O3. The highest BCUT2D eigenvalue weighted by Crippen LogP contribution is 2.29. The monoisotopic (exact) mass is 415 g/mol. The van der Waals surface area contributed by atoms with Crippen LogP contribution in [0.1, 0.15) is 42.4 Å². The Bertz CT molecular complexity index is 1360. The van der Waals surface area contributed by atoms with Crippen molar-refractivity contribution < 1.29 is 9.90 Å². The number of benzene rings is 2. The highest BCUT2D eigenvalue weighted by molar-refractivity contribution is 5.82. The molecule has 0 saturated carbocycles. The van der Waals surface area contributed by atoms with E-state index in [2.05, 4.69) is 25.9 Å². The summed E-state index contributed by atoms with van der Waals surface area (Å²) in [7, 11) is 1.79. The molecule has 0 radical (unpaired) electrons. The van der Waals surface area contributed by atoms with Crippen LogP contribution in [0.3, 0.4) is 0 Å². The Morgan fingerprint density at radius 3 is 2.52 bits per heavy atom. The van der Waals surface area contributed by atoms with Gasteiger partial charge in [-0.3, -0.25) is 9.59 Å². The van der Waals surface area contributed by atoms with Gasteiger partial charge in [-0.15, -0.1) is 0 Å². The molecule has 0 fully saturated rings. The molecule has 2 aromatic heterocycles. The van der Waals surface area contributed by atoms with E-state index in [9.17, 15) is 14.7 Å². The second-order valence-electron chi connectivity index (χ2n) is 8.70. The number of aliphatic hydroxyl groups is 1. The highest BCUT2D eigenvalue weighted by atomic mass is 16.3. The van der Waals surface area contributed by atoms with E-state index in [0.29, 0.717) is 22.3 Å². The number of fused-ring (bicyclic) bond motifs is 1. The van der Waals surface area contributed by atoms with Crippen molar-refractivity contribution in [2.45, 2.75) is 32.8 Å². The third kappa shape index (κ3) is 3.49. The SMILES string of the molecule is Cn1c(C=O)ccc1-c1cccc(-n2ncc3cc(C(C)(C)C)ccc3c2=O)c1CO. The van der Waals surface area contributed by atoms with Gasteiger partial charge < -0.3 is 9.67 Å². The van der Waals surface area contributed by atoms with Crippen molar-refractivity contribution in [3.05, 3.63) is 81.9 Å². The summed E-state index contributed by atoms with van der Waals surface area (Å²) in [5.74, 6) is 0. The molecule has 4 rings (SSSR count). The number of aliphatic hydroxyl groups excluding tert-OH is 1. The number of carbonyl (C=O) groups is 1. The molecule has 0 aliphatic heterocycles. The molecule has 0 atom stereocenters. The second-order valence-corrected chi connectivity index (χ2v) is 8.70. The Labute approximate surface area is 180 Å². The molecule has 0 amide bonds. The van der Waals surface area contributed by atoms with Crippen LogP contribution in [-0.4, -0.2) is 25.7 Å². The Balaban J connectivity index is 1.92. The molecule has 0 saturated heterocycles. The topological polar surface area (TPSA) is 77.1 Å². The Kier molecular flexibility index (Phi) is 5.11. The van der Waals surface area contributed by atoms with Gasteiger partial charge in [-0.05, 0) is 41.3 Å². The average molecular weight is 415 g/mol. The first-order chi connectivity index (χ1) is 14.8. The van der Waals surface area contributed by atoms with Crippen LogP contribution >= 0.6 is 0 Å². The maximum Gasteiger partial charge on any atom is 0.279 e. The summed E-state index contributed by atoms with van der Waals surface area (Å²) in [6.07, 6.45) is 2.47. The molecule has 1 N–H and O–H groups in total. The molecule has 0 aliphatic rings. The van der Waals surface area contributed by atoms with E-state index >= 15 is 0 Å². The predicted molar refractivity (Wildman–Crippen MR) is 122 cm³/mol. The fourth-order valence-electron chi connectivity index (χ4n) is 3.88. The molecule has 0 spiro atoms. The van der Waals surface area contributed by atoms with Gasteiger partial charge in [0.25, 0.3) is 5.56 Å². The maximum absolute atomic E-state index is 13.3. The molecule has 6 heteroatoms. The number of aromatic nitrogens is 3. The van der Waals surface area contributed by atoms with E-state index in [-0.39, 0.29) is 17.6 Å². The minimum absolute atomic E-state index is 0.0309. The zero-order valence-electron chi connectivity index (χ0n) is 18.1. The minimum Gasteiger partial charge on any atom is -0.392 e. The molecule has 2 aromatic carbocycles. The minimum atomic E-state index is -0.276. The van der Waals surface area contributed by atoms with Gasteiger partial charge in [0.15, 0.2) is 6.29 Å². The van der Waals surface area contributed by atoms with E-state index in [1.807, 2.05) is 36.4 Å². The summed E-state index contributed by atoms with van der Waals surface area (Å²) in [5, 5.41) is 16.0. The summed E-state index contributed by atoms with van der Waals surface area (Å²) in [4.78, 5) is 24.5. The van der Waals surface area contributed by atoms with Crippen LogP contribution in [0.25, 0.3) is 27.7 Å². The third-order valence-electron chi connectivity index (χ3n) is 5.75. The normalized spacial score (nSPS) is 11.8. The fourth-order valence-corrected chi connectivity index (χ4v) is 3.88. The number of nitrogens with zero attached hydrogens (tertiary/aromatic N) is 3. The van der Waals surface area contributed by atoms with Crippen molar-refractivity contribution >= 4 is 17.1 Å². The van der Waals surface area contributed by atoms with E-state index in [1.54, 1.807) is 29.9 Å². The Morgan fingerprint density at radius 1 is 1.10 bits per heavy atom. The lowest BCUT2D eigenvalue weighted by atomic mass is 9.86. The van der Waals surface area contributed by atoms with Crippen LogP contribution in [0.5, 0.6) is 0 Å². The van der Waals surface area contributed by atoms with Crippen LogP contribution in [0.2, 0.25) is 0 Å².